The molecule has 0 fully saturated rings. The molecular weight excluding hydrogens is 198 g/mol. The fraction of sp³-hybridized carbons (Fsp3) is 0.400. The lowest BCUT2D eigenvalue weighted by Crippen LogP contribution is -2.14. The standard InChI is InChI=1S/C10H15NO2S/c11-9-3-1-2-8(4-9)6-14-7-10(13)5-12/h1-4,10,12-13H,5-7,11H2. The van der Waals surface area contributed by atoms with Gasteiger partial charge in [0.1, 0.15) is 0 Å². The monoisotopic (exact) mass is 213 g/mol. The van der Waals surface area contributed by atoms with E-state index in [1.807, 2.05) is 24.3 Å². The van der Waals surface area contributed by atoms with E-state index < -0.39 is 6.10 Å². The zero-order chi connectivity index (χ0) is 10.4. The van der Waals surface area contributed by atoms with Gasteiger partial charge < -0.3 is 15.9 Å². The third kappa shape index (κ3) is 4.00. The molecule has 0 spiro atoms. The van der Waals surface area contributed by atoms with Crippen molar-refractivity contribution >= 4 is 17.4 Å². The molecule has 0 heterocycles. The predicted molar refractivity (Wildman–Crippen MR) is 60.1 cm³/mol. The van der Waals surface area contributed by atoms with Crippen LogP contribution in [0.4, 0.5) is 5.69 Å². The first-order valence-electron chi connectivity index (χ1n) is 4.43. The summed E-state index contributed by atoms with van der Waals surface area (Å²) in [7, 11) is 0. The zero-order valence-electron chi connectivity index (χ0n) is 7.89. The van der Waals surface area contributed by atoms with E-state index in [-0.39, 0.29) is 6.61 Å². The minimum Gasteiger partial charge on any atom is -0.399 e. The number of rotatable bonds is 5. The molecule has 0 saturated carbocycles. The van der Waals surface area contributed by atoms with E-state index in [9.17, 15) is 0 Å². The lowest BCUT2D eigenvalue weighted by Gasteiger charge is -2.06. The van der Waals surface area contributed by atoms with E-state index in [1.165, 1.54) is 0 Å². The van der Waals surface area contributed by atoms with E-state index in [2.05, 4.69) is 0 Å². The Morgan fingerprint density at radius 3 is 2.86 bits per heavy atom. The van der Waals surface area contributed by atoms with Crippen molar-refractivity contribution in [1.82, 2.24) is 0 Å². The third-order valence-corrected chi connectivity index (χ3v) is 2.90. The summed E-state index contributed by atoms with van der Waals surface area (Å²) in [6.07, 6.45) is -0.624. The van der Waals surface area contributed by atoms with Crippen LogP contribution in [0.5, 0.6) is 0 Å². The van der Waals surface area contributed by atoms with Gasteiger partial charge in [0.05, 0.1) is 12.7 Å². The zero-order valence-corrected chi connectivity index (χ0v) is 8.70. The average molecular weight is 213 g/mol. The van der Waals surface area contributed by atoms with Crippen LogP contribution in [0.1, 0.15) is 5.56 Å². The number of nitrogens with two attached hydrogens (primary N) is 1. The maximum Gasteiger partial charge on any atom is 0.0861 e. The molecule has 0 radical (unpaired) electrons. The molecule has 4 N–H and O–H groups in total. The second-order valence-electron chi connectivity index (χ2n) is 3.10. The van der Waals surface area contributed by atoms with Crippen LogP contribution in [0.25, 0.3) is 0 Å². The van der Waals surface area contributed by atoms with Gasteiger partial charge in [-0.15, -0.1) is 0 Å². The van der Waals surface area contributed by atoms with Gasteiger partial charge in [0.2, 0.25) is 0 Å². The highest BCUT2D eigenvalue weighted by Gasteiger charge is 2.01. The Morgan fingerprint density at radius 1 is 1.43 bits per heavy atom. The quantitative estimate of drug-likeness (QED) is 0.635. The van der Waals surface area contributed by atoms with Crippen molar-refractivity contribution in [1.29, 1.82) is 0 Å². The first kappa shape index (κ1) is 11.4. The molecule has 0 aromatic heterocycles. The fourth-order valence-electron chi connectivity index (χ4n) is 1.05. The van der Waals surface area contributed by atoms with Crippen molar-refractivity contribution < 1.29 is 10.2 Å². The normalized spacial score (nSPS) is 12.7. The van der Waals surface area contributed by atoms with Gasteiger partial charge in [-0.25, -0.2) is 0 Å². The van der Waals surface area contributed by atoms with Crippen molar-refractivity contribution in [2.75, 3.05) is 18.1 Å². The summed E-state index contributed by atoms with van der Waals surface area (Å²) in [4.78, 5) is 0. The molecule has 14 heavy (non-hydrogen) atoms. The third-order valence-electron chi connectivity index (χ3n) is 1.74. The highest BCUT2D eigenvalue weighted by Crippen LogP contribution is 2.15. The number of benzene rings is 1. The largest absolute Gasteiger partial charge is 0.399 e. The van der Waals surface area contributed by atoms with Crippen molar-refractivity contribution in [3.05, 3.63) is 29.8 Å². The summed E-state index contributed by atoms with van der Waals surface area (Å²) in [5, 5.41) is 17.7. The Balaban J connectivity index is 2.31. The summed E-state index contributed by atoms with van der Waals surface area (Å²) >= 11 is 1.58. The van der Waals surface area contributed by atoms with Crippen LogP contribution < -0.4 is 5.73 Å². The van der Waals surface area contributed by atoms with Crippen molar-refractivity contribution in [3.8, 4) is 0 Å². The van der Waals surface area contributed by atoms with Gasteiger partial charge in [-0.2, -0.15) is 11.8 Å². The van der Waals surface area contributed by atoms with Crippen LogP contribution in [-0.4, -0.2) is 28.7 Å². The van der Waals surface area contributed by atoms with Gasteiger partial charge >= 0.3 is 0 Å². The SMILES string of the molecule is Nc1cccc(CSCC(O)CO)c1. The molecule has 0 aliphatic rings. The number of hydrogen-bond acceptors (Lipinski definition) is 4. The Bertz CT molecular complexity index is 281. The smallest absolute Gasteiger partial charge is 0.0861 e. The van der Waals surface area contributed by atoms with Gasteiger partial charge in [-0.05, 0) is 17.7 Å². The Labute approximate surface area is 87.9 Å². The lowest BCUT2D eigenvalue weighted by molar-refractivity contribution is 0.113. The Morgan fingerprint density at radius 2 is 2.21 bits per heavy atom. The van der Waals surface area contributed by atoms with Gasteiger partial charge in [-0.1, -0.05) is 12.1 Å². The molecule has 0 saturated heterocycles. The Kier molecular flexibility index (Phi) is 4.79. The Hall–Kier alpha value is -0.710. The van der Waals surface area contributed by atoms with Gasteiger partial charge in [0.25, 0.3) is 0 Å². The van der Waals surface area contributed by atoms with E-state index in [0.29, 0.717) is 5.75 Å². The molecule has 1 aromatic rings. The number of thioether (sulfide) groups is 1. The molecule has 1 rings (SSSR count). The lowest BCUT2D eigenvalue weighted by atomic mass is 10.2. The summed E-state index contributed by atoms with van der Waals surface area (Å²) in [6, 6.07) is 7.66. The summed E-state index contributed by atoms with van der Waals surface area (Å²) < 4.78 is 0. The second-order valence-corrected chi connectivity index (χ2v) is 4.13. The van der Waals surface area contributed by atoms with Crippen LogP contribution in [-0.2, 0) is 5.75 Å². The van der Waals surface area contributed by atoms with Crippen LogP contribution >= 0.6 is 11.8 Å². The van der Waals surface area contributed by atoms with Gasteiger partial charge in [0.15, 0.2) is 0 Å². The molecule has 1 aromatic carbocycles. The molecule has 0 aliphatic carbocycles. The molecule has 1 atom stereocenters. The van der Waals surface area contributed by atoms with Crippen LogP contribution in [0.2, 0.25) is 0 Å². The first-order chi connectivity index (χ1) is 6.72. The first-order valence-corrected chi connectivity index (χ1v) is 5.59. The molecule has 0 aliphatic heterocycles. The summed E-state index contributed by atoms with van der Waals surface area (Å²) in [5.74, 6) is 1.35. The molecule has 1 unspecified atom stereocenters. The van der Waals surface area contributed by atoms with Crippen LogP contribution in [0, 0.1) is 0 Å². The number of hydrogen-bond donors (Lipinski definition) is 3. The predicted octanol–water partition coefficient (Wildman–Crippen LogP) is 0.855. The molecule has 4 heteroatoms. The van der Waals surface area contributed by atoms with Crippen molar-refractivity contribution in [2.24, 2.45) is 0 Å². The number of anilines is 1. The maximum atomic E-state index is 9.10. The maximum absolute atomic E-state index is 9.10. The van der Waals surface area contributed by atoms with Gasteiger partial charge in [-0.3, -0.25) is 0 Å². The minimum absolute atomic E-state index is 0.177. The molecule has 3 nitrogen and oxygen atoms in total. The van der Waals surface area contributed by atoms with Crippen LogP contribution in [0.15, 0.2) is 24.3 Å². The van der Waals surface area contributed by atoms with Crippen molar-refractivity contribution in [2.45, 2.75) is 11.9 Å². The van der Waals surface area contributed by atoms with Crippen LogP contribution in [0.3, 0.4) is 0 Å². The molecular formula is C10H15NO2S. The molecule has 0 amide bonds. The van der Waals surface area contributed by atoms with Gasteiger partial charge in [0, 0.05) is 17.2 Å². The highest BCUT2D eigenvalue weighted by molar-refractivity contribution is 7.98. The topological polar surface area (TPSA) is 66.5 Å². The number of aliphatic hydroxyl groups excluding tert-OH is 2. The highest BCUT2D eigenvalue weighted by atomic mass is 32.2. The van der Waals surface area contributed by atoms with E-state index in [0.717, 1.165) is 17.0 Å². The average Bonchev–Trinajstić information content (AvgIpc) is 2.17. The summed E-state index contributed by atoms with van der Waals surface area (Å²) in [5.41, 5.74) is 7.51. The number of nitrogen functional groups attached to an aromatic ring is 1. The molecule has 0 bridgehead atoms. The second kappa shape index (κ2) is 5.90. The molecule has 78 valence electrons. The van der Waals surface area contributed by atoms with E-state index in [1.54, 1.807) is 11.8 Å². The number of aliphatic hydroxyl groups is 2. The van der Waals surface area contributed by atoms with E-state index >= 15 is 0 Å². The van der Waals surface area contributed by atoms with Crippen molar-refractivity contribution in [3.63, 3.8) is 0 Å². The van der Waals surface area contributed by atoms with E-state index in [4.69, 9.17) is 15.9 Å². The fourth-order valence-corrected chi connectivity index (χ4v) is 1.96. The summed E-state index contributed by atoms with van der Waals surface area (Å²) in [6.45, 7) is -0.177. The minimum atomic E-state index is -0.624.